The van der Waals surface area contributed by atoms with Crippen molar-refractivity contribution in [3.63, 3.8) is 0 Å². The molecule has 140 valence electrons. The number of benzene rings is 3. The summed E-state index contributed by atoms with van der Waals surface area (Å²) in [5.41, 5.74) is 1.85. The van der Waals surface area contributed by atoms with E-state index in [1.54, 1.807) is 0 Å². The van der Waals surface area contributed by atoms with E-state index >= 15 is 0 Å². The summed E-state index contributed by atoms with van der Waals surface area (Å²) in [7, 11) is -0.395. The molecule has 0 spiro atoms. The standard InChI is InChI=1S/C23H21BINO2/c25-20-13-15-21(16-14-20)27-24-26-17-7-12-22(26)23(28-24,18-8-3-1-4-9-18)19-10-5-2-6-11-19/h1-6,8-11,13-16,22H,7,12,17H2/t22-/m0/s1. The highest BCUT2D eigenvalue weighted by molar-refractivity contribution is 14.1. The van der Waals surface area contributed by atoms with Gasteiger partial charge in [-0.25, -0.2) is 0 Å². The van der Waals surface area contributed by atoms with Gasteiger partial charge in [0.1, 0.15) is 11.4 Å². The van der Waals surface area contributed by atoms with Crippen LogP contribution in [0.15, 0.2) is 84.9 Å². The monoisotopic (exact) mass is 481 g/mol. The van der Waals surface area contributed by atoms with Crippen molar-refractivity contribution in [3.8, 4) is 5.75 Å². The SMILES string of the molecule is Ic1ccc(OB2OC(c3ccccc3)(c3ccccc3)[C@@H]3CCCN23)cc1. The number of nitrogens with zero attached hydrogens (tertiary/aromatic N) is 1. The molecule has 2 aliphatic heterocycles. The maximum atomic E-state index is 6.82. The number of hydrogen-bond acceptors (Lipinski definition) is 3. The molecule has 0 amide bonds. The van der Waals surface area contributed by atoms with E-state index in [0.717, 1.165) is 25.1 Å². The molecule has 2 aliphatic rings. The van der Waals surface area contributed by atoms with Gasteiger partial charge in [-0.3, -0.25) is 4.81 Å². The van der Waals surface area contributed by atoms with Crippen molar-refractivity contribution < 1.29 is 9.31 Å². The topological polar surface area (TPSA) is 21.7 Å². The molecule has 3 aromatic rings. The van der Waals surface area contributed by atoms with Gasteiger partial charge in [0.15, 0.2) is 0 Å². The summed E-state index contributed by atoms with van der Waals surface area (Å²) >= 11 is 2.31. The highest BCUT2D eigenvalue weighted by Crippen LogP contribution is 2.49. The summed E-state index contributed by atoms with van der Waals surface area (Å²) in [5.74, 6) is 0.841. The Labute approximate surface area is 180 Å². The molecule has 0 aromatic heterocycles. The average molecular weight is 481 g/mol. The van der Waals surface area contributed by atoms with Crippen molar-refractivity contribution in [2.75, 3.05) is 6.54 Å². The van der Waals surface area contributed by atoms with Crippen LogP contribution < -0.4 is 4.65 Å². The number of fused-ring (bicyclic) bond motifs is 1. The largest absolute Gasteiger partial charge is 0.630 e. The summed E-state index contributed by atoms with van der Waals surface area (Å²) in [6, 6.07) is 29.6. The second kappa shape index (κ2) is 7.54. The van der Waals surface area contributed by atoms with Gasteiger partial charge in [0.2, 0.25) is 0 Å². The van der Waals surface area contributed by atoms with E-state index in [-0.39, 0.29) is 6.04 Å². The minimum atomic E-state index is -0.521. The van der Waals surface area contributed by atoms with E-state index in [2.05, 4.69) is 100 Å². The molecule has 0 bridgehead atoms. The number of hydrogen-bond donors (Lipinski definition) is 0. The molecule has 5 rings (SSSR count). The van der Waals surface area contributed by atoms with Gasteiger partial charge in [0, 0.05) is 9.61 Å². The van der Waals surface area contributed by atoms with Crippen LogP contribution in [0.5, 0.6) is 5.75 Å². The fourth-order valence-electron chi connectivity index (χ4n) is 4.56. The number of rotatable bonds is 4. The van der Waals surface area contributed by atoms with Crippen molar-refractivity contribution >= 4 is 29.8 Å². The molecule has 0 unspecified atom stereocenters. The summed E-state index contributed by atoms with van der Waals surface area (Å²) in [5, 5.41) is 0. The zero-order valence-electron chi connectivity index (χ0n) is 15.5. The summed E-state index contributed by atoms with van der Waals surface area (Å²) < 4.78 is 14.4. The highest BCUT2D eigenvalue weighted by atomic mass is 127. The minimum Gasteiger partial charge on any atom is -0.522 e. The normalized spacial score (nSPS) is 20.9. The fraction of sp³-hybridized carbons (Fsp3) is 0.217. The predicted octanol–water partition coefficient (Wildman–Crippen LogP) is 5.09. The molecule has 2 heterocycles. The van der Waals surface area contributed by atoms with Crippen molar-refractivity contribution in [2.45, 2.75) is 24.5 Å². The zero-order valence-corrected chi connectivity index (χ0v) is 17.7. The van der Waals surface area contributed by atoms with Crippen molar-refractivity contribution in [1.29, 1.82) is 0 Å². The smallest absolute Gasteiger partial charge is 0.522 e. The van der Waals surface area contributed by atoms with E-state index in [4.69, 9.17) is 9.31 Å². The molecule has 2 saturated heterocycles. The van der Waals surface area contributed by atoms with Crippen LogP contribution in [-0.4, -0.2) is 24.7 Å². The summed E-state index contributed by atoms with van der Waals surface area (Å²) in [6.07, 6.45) is 2.25. The van der Waals surface area contributed by atoms with Crippen LogP contribution in [0.1, 0.15) is 24.0 Å². The zero-order chi connectivity index (χ0) is 19.0. The van der Waals surface area contributed by atoms with Crippen LogP contribution in [-0.2, 0) is 10.3 Å². The van der Waals surface area contributed by atoms with Crippen LogP contribution in [0.4, 0.5) is 0 Å². The molecule has 28 heavy (non-hydrogen) atoms. The Hall–Kier alpha value is -1.83. The Balaban J connectivity index is 1.58. The molecule has 0 saturated carbocycles. The minimum absolute atomic E-state index is 0.256. The molecule has 1 atom stereocenters. The lowest BCUT2D eigenvalue weighted by Gasteiger charge is -2.35. The van der Waals surface area contributed by atoms with Gasteiger partial charge in [0.05, 0.1) is 0 Å². The van der Waals surface area contributed by atoms with Gasteiger partial charge < -0.3 is 9.31 Å². The van der Waals surface area contributed by atoms with Gasteiger partial charge in [0.25, 0.3) is 0 Å². The summed E-state index contributed by atoms with van der Waals surface area (Å²) in [4.78, 5) is 2.39. The van der Waals surface area contributed by atoms with Crippen molar-refractivity contribution in [3.05, 3.63) is 99.6 Å². The molecule has 0 aliphatic carbocycles. The van der Waals surface area contributed by atoms with E-state index in [9.17, 15) is 0 Å². The first kappa shape index (κ1) is 18.2. The van der Waals surface area contributed by atoms with E-state index in [1.165, 1.54) is 14.7 Å². The molecule has 3 aromatic carbocycles. The fourth-order valence-corrected chi connectivity index (χ4v) is 4.92. The van der Waals surface area contributed by atoms with Crippen LogP contribution in [0, 0.1) is 3.57 Å². The third-order valence-electron chi connectivity index (χ3n) is 5.78. The third kappa shape index (κ3) is 3.06. The molecular formula is C23H21BINO2. The van der Waals surface area contributed by atoms with Crippen LogP contribution >= 0.6 is 22.6 Å². The molecule has 2 fully saturated rings. The Bertz CT molecular complexity index is 896. The highest BCUT2D eigenvalue weighted by Gasteiger charge is 2.61. The Kier molecular flexibility index (Phi) is 4.91. The summed E-state index contributed by atoms with van der Waals surface area (Å²) in [6.45, 7) is 0.987. The van der Waals surface area contributed by atoms with Gasteiger partial charge >= 0.3 is 7.25 Å². The van der Waals surface area contributed by atoms with E-state index < -0.39 is 12.9 Å². The maximum Gasteiger partial charge on any atom is 0.630 e. The second-order valence-corrected chi connectivity index (χ2v) is 8.61. The van der Waals surface area contributed by atoms with Crippen LogP contribution in [0.25, 0.3) is 0 Å². The van der Waals surface area contributed by atoms with Crippen molar-refractivity contribution in [1.82, 2.24) is 4.81 Å². The van der Waals surface area contributed by atoms with Gasteiger partial charge in [-0.1, -0.05) is 60.7 Å². The molecule has 3 nitrogen and oxygen atoms in total. The Morgan fingerprint density at radius 3 is 2.11 bits per heavy atom. The predicted molar refractivity (Wildman–Crippen MR) is 120 cm³/mol. The number of halogens is 1. The molecule has 0 N–H and O–H groups in total. The molecule has 0 radical (unpaired) electrons. The quantitative estimate of drug-likeness (QED) is 0.383. The first-order valence-electron chi connectivity index (χ1n) is 9.74. The molecular weight excluding hydrogens is 460 g/mol. The second-order valence-electron chi connectivity index (χ2n) is 7.36. The lowest BCUT2D eigenvalue weighted by molar-refractivity contribution is 0.0948. The van der Waals surface area contributed by atoms with Gasteiger partial charge in [-0.15, -0.1) is 0 Å². The lowest BCUT2D eigenvalue weighted by atomic mass is 9.79. The Morgan fingerprint density at radius 2 is 1.50 bits per heavy atom. The molecule has 5 heteroatoms. The van der Waals surface area contributed by atoms with Crippen LogP contribution in [0.3, 0.4) is 0 Å². The van der Waals surface area contributed by atoms with Gasteiger partial charge in [-0.05, 0) is 77.4 Å². The van der Waals surface area contributed by atoms with Gasteiger partial charge in [-0.2, -0.15) is 0 Å². The third-order valence-corrected chi connectivity index (χ3v) is 6.50. The first-order valence-corrected chi connectivity index (χ1v) is 10.8. The first-order chi connectivity index (χ1) is 13.8. The van der Waals surface area contributed by atoms with E-state index in [0.29, 0.717) is 0 Å². The lowest BCUT2D eigenvalue weighted by Crippen LogP contribution is -2.42. The Morgan fingerprint density at radius 1 is 0.893 bits per heavy atom. The van der Waals surface area contributed by atoms with Crippen LogP contribution in [0.2, 0.25) is 0 Å². The maximum absolute atomic E-state index is 6.82. The van der Waals surface area contributed by atoms with E-state index in [1.807, 2.05) is 12.1 Å². The van der Waals surface area contributed by atoms with Crippen molar-refractivity contribution in [2.24, 2.45) is 0 Å². The average Bonchev–Trinajstić information content (AvgIpc) is 3.34.